The molecular formula is C10H29BN2Si2. The Bertz CT molecular complexity index is 199. The molecule has 0 aromatic rings. The zero-order chi connectivity index (χ0) is 12.7. The molecule has 0 aliphatic rings. The standard InChI is InChI=1S/C10H29BN2Si2/c1-10(2,3)11(12)13(14(4,5)6)15(7,8)9/h12H2,1-9H3. The molecule has 0 aromatic heterocycles. The molecule has 0 heterocycles. The monoisotopic (exact) mass is 244 g/mol. The van der Waals surface area contributed by atoms with E-state index in [4.69, 9.17) is 5.64 Å². The lowest BCUT2D eigenvalue weighted by Crippen LogP contribution is -2.70. The van der Waals surface area contributed by atoms with Crippen LogP contribution >= 0.6 is 0 Å². The maximum Gasteiger partial charge on any atom is 0.297 e. The average Bonchev–Trinajstić information content (AvgIpc) is 1.76. The summed E-state index contributed by atoms with van der Waals surface area (Å²) in [4.78, 5) is 0. The van der Waals surface area contributed by atoms with Gasteiger partial charge in [-0.15, -0.1) is 0 Å². The van der Waals surface area contributed by atoms with Gasteiger partial charge in [-0.2, -0.15) is 0 Å². The quantitative estimate of drug-likeness (QED) is 0.772. The smallest absolute Gasteiger partial charge is 0.297 e. The zero-order valence-electron chi connectivity index (χ0n) is 12.1. The highest BCUT2D eigenvalue weighted by molar-refractivity contribution is 6.99. The van der Waals surface area contributed by atoms with Crippen LogP contribution in [0.2, 0.25) is 44.6 Å². The molecule has 0 bridgehead atoms. The summed E-state index contributed by atoms with van der Waals surface area (Å²) >= 11 is 0. The highest BCUT2D eigenvalue weighted by atomic mass is 28.4. The highest BCUT2D eigenvalue weighted by Crippen LogP contribution is 2.32. The first-order valence-electron chi connectivity index (χ1n) is 5.83. The van der Waals surface area contributed by atoms with Gasteiger partial charge in [-0.1, -0.05) is 60.1 Å². The van der Waals surface area contributed by atoms with Gasteiger partial charge in [0.25, 0.3) is 6.98 Å². The Morgan fingerprint density at radius 1 is 0.867 bits per heavy atom. The van der Waals surface area contributed by atoms with Gasteiger partial charge in [-0.05, 0) is 5.31 Å². The van der Waals surface area contributed by atoms with E-state index in [1.807, 2.05) is 0 Å². The van der Waals surface area contributed by atoms with Crippen LogP contribution < -0.4 is 5.64 Å². The predicted molar refractivity (Wildman–Crippen MR) is 78.2 cm³/mol. The summed E-state index contributed by atoms with van der Waals surface area (Å²) in [5.41, 5.74) is 6.46. The molecule has 15 heavy (non-hydrogen) atoms. The lowest BCUT2D eigenvalue weighted by molar-refractivity contribution is 0.684. The molecule has 0 radical (unpaired) electrons. The second-order valence-corrected chi connectivity index (χ2v) is 17.6. The summed E-state index contributed by atoms with van der Waals surface area (Å²) in [5.74, 6) is 0. The molecule has 0 amide bonds. The first kappa shape index (κ1) is 15.4. The van der Waals surface area contributed by atoms with E-state index < -0.39 is 16.5 Å². The molecule has 0 spiro atoms. The van der Waals surface area contributed by atoms with Crippen LogP contribution in [-0.2, 0) is 0 Å². The summed E-state index contributed by atoms with van der Waals surface area (Å²) in [6, 6.07) is 0. The van der Waals surface area contributed by atoms with Gasteiger partial charge in [0.15, 0.2) is 0 Å². The molecule has 0 rings (SSSR count). The third kappa shape index (κ3) is 4.42. The lowest BCUT2D eigenvalue weighted by atomic mass is 9.55. The van der Waals surface area contributed by atoms with Crippen LogP contribution in [0.3, 0.4) is 0 Å². The predicted octanol–water partition coefficient (Wildman–Crippen LogP) is 3.21. The van der Waals surface area contributed by atoms with E-state index in [-0.39, 0.29) is 12.3 Å². The topological polar surface area (TPSA) is 29.3 Å². The second-order valence-electron chi connectivity index (χ2n) is 7.52. The number of nitrogens with two attached hydrogens (primary N) is 1. The fraction of sp³-hybridized carbons (Fsp3) is 1.00. The maximum absolute atomic E-state index is 6.46. The summed E-state index contributed by atoms with van der Waals surface area (Å²) in [6.07, 6.45) is 0. The largest absolute Gasteiger partial charge is 0.374 e. The van der Waals surface area contributed by atoms with Gasteiger partial charge in [0.2, 0.25) is 0 Å². The van der Waals surface area contributed by atoms with Gasteiger partial charge in [-0.25, -0.2) is 0 Å². The van der Waals surface area contributed by atoms with Gasteiger partial charge in [-0.3, -0.25) is 0 Å². The Kier molecular flexibility index (Phi) is 4.48. The van der Waals surface area contributed by atoms with Crippen LogP contribution in [0.4, 0.5) is 0 Å². The van der Waals surface area contributed by atoms with E-state index in [1.54, 1.807) is 0 Å². The van der Waals surface area contributed by atoms with Gasteiger partial charge in [0.1, 0.15) is 16.5 Å². The SMILES string of the molecule is CC(C)(C)B(N)N([Si](C)(C)C)[Si](C)(C)C. The maximum atomic E-state index is 6.46. The molecule has 0 aliphatic heterocycles. The van der Waals surface area contributed by atoms with E-state index in [2.05, 4.69) is 64.2 Å². The van der Waals surface area contributed by atoms with Crippen LogP contribution in [0, 0.1) is 0 Å². The molecule has 2 nitrogen and oxygen atoms in total. The Morgan fingerprint density at radius 3 is 1.20 bits per heavy atom. The van der Waals surface area contributed by atoms with Crippen molar-refractivity contribution < 1.29 is 0 Å². The number of nitrogens with zero attached hydrogens (tertiary/aromatic N) is 1. The first-order valence-corrected chi connectivity index (χ1v) is 12.7. The molecule has 2 N–H and O–H groups in total. The van der Waals surface area contributed by atoms with E-state index in [1.165, 1.54) is 0 Å². The lowest BCUT2D eigenvalue weighted by Gasteiger charge is -2.49. The molecule has 0 saturated heterocycles. The van der Waals surface area contributed by atoms with Crippen molar-refractivity contribution in [2.24, 2.45) is 5.64 Å². The van der Waals surface area contributed by atoms with Crippen molar-refractivity contribution in [1.82, 2.24) is 4.14 Å². The van der Waals surface area contributed by atoms with Crippen LogP contribution in [0.25, 0.3) is 0 Å². The van der Waals surface area contributed by atoms with E-state index in [9.17, 15) is 0 Å². The van der Waals surface area contributed by atoms with Crippen LogP contribution in [0.5, 0.6) is 0 Å². The molecule has 0 unspecified atom stereocenters. The Hall–Kier alpha value is 0.419. The molecule has 0 atom stereocenters. The van der Waals surface area contributed by atoms with Crippen molar-refractivity contribution in [3.63, 3.8) is 0 Å². The van der Waals surface area contributed by atoms with Crippen LogP contribution in [0.15, 0.2) is 0 Å². The van der Waals surface area contributed by atoms with E-state index >= 15 is 0 Å². The Balaban J connectivity index is 5.16. The van der Waals surface area contributed by atoms with Crippen molar-refractivity contribution in [2.45, 2.75) is 65.4 Å². The Labute approximate surface area is 98.9 Å². The Morgan fingerprint density at radius 2 is 1.13 bits per heavy atom. The minimum Gasteiger partial charge on any atom is -0.374 e. The zero-order valence-corrected chi connectivity index (χ0v) is 14.1. The van der Waals surface area contributed by atoms with Crippen LogP contribution in [-0.4, -0.2) is 27.6 Å². The van der Waals surface area contributed by atoms with Crippen molar-refractivity contribution in [3.8, 4) is 0 Å². The molecule has 0 saturated carbocycles. The second kappa shape index (κ2) is 4.35. The third-order valence-electron chi connectivity index (χ3n) is 2.61. The highest BCUT2D eigenvalue weighted by Gasteiger charge is 2.44. The van der Waals surface area contributed by atoms with E-state index in [0.717, 1.165) is 0 Å². The van der Waals surface area contributed by atoms with Gasteiger partial charge in [0, 0.05) is 0 Å². The first-order chi connectivity index (χ1) is 6.28. The number of hydrogen-bond donors (Lipinski definition) is 1. The van der Waals surface area contributed by atoms with Gasteiger partial charge < -0.3 is 9.79 Å². The summed E-state index contributed by atoms with van der Waals surface area (Å²) in [6.45, 7) is 21.3. The van der Waals surface area contributed by atoms with E-state index in [0.29, 0.717) is 0 Å². The van der Waals surface area contributed by atoms with Crippen molar-refractivity contribution in [2.75, 3.05) is 0 Å². The minimum atomic E-state index is -1.32. The normalized spacial score (nSPS) is 14.6. The molecule has 90 valence electrons. The molecule has 5 heteroatoms. The van der Waals surface area contributed by atoms with Crippen molar-refractivity contribution in [1.29, 1.82) is 0 Å². The fourth-order valence-electron chi connectivity index (χ4n) is 2.23. The summed E-state index contributed by atoms with van der Waals surface area (Å²) in [7, 11) is -2.65. The van der Waals surface area contributed by atoms with Gasteiger partial charge in [0.05, 0.1) is 0 Å². The molecule has 0 aliphatic carbocycles. The summed E-state index contributed by atoms with van der Waals surface area (Å²) in [5, 5.41) is 0.167. The fourth-order valence-corrected chi connectivity index (χ4v) is 12.7. The average molecular weight is 244 g/mol. The van der Waals surface area contributed by atoms with Crippen LogP contribution in [0.1, 0.15) is 20.8 Å². The third-order valence-corrected chi connectivity index (χ3v) is 10.1. The number of rotatable bonds is 3. The molecule has 0 aromatic carbocycles. The van der Waals surface area contributed by atoms with Gasteiger partial charge >= 0.3 is 0 Å². The van der Waals surface area contributed by atoms with Crippen molar-refractivity contribution >= 4 is 23.5 Å². The minimum absolute atomic E-state index is 0.167. The van der Waals surface area contributed by atoms with Crippen molar-refractivity contribution in [3.05, 3.63) is 0 Å². The summed E-state index contributed by atoms with van der Waals surface area (Å²) < 4.78 is 2.68. The molecular weight excluding hydrogens is 215 g/mol. The molecule has 0 fully saturated rings. The number of hydrogen-bond acceptors (Lipinski definition) is 2.